The van der Waals surface area contributed by atoms with E-state index in [0.717, 1.165) is 19.4 Å². The van der Waals surface area contributed by atoms with Gasteiger partial charge in [-0.1, -0.05) is 0 Å². The van der Waals surface area contributed by atoms with Gasteiger partial charge in [0.05, 0.1) is 19.8 Å². The first-order valence-corrected chi connectivity index (χ1v) is 6.78. The molecule has 20 heavy (non-hydrogen) atoms. The number of amides is 1. The third kappa shape index (κ3) is 3.04. The molecule has 1 aromatic carbocycles. The molecule has 1 fully saturated rings. The summed E-state index contributed by atoms with van der Waals surface area (Å²) in [5.41, 5.74) is 6.30. The van der Waals surface area contributed by atoms with Gasteiger partial charge in [0.2, 0.25) is 0 Å². The van der Waals surface area contributed by atoms with Crippen molar-refractivity contribution < 1.29 is 14.3 Å². The number of hydrogen-bond donors (Lipinski definition) is 1. The Morgan fingerprint density at radius 3 is 2.60 bits per heavy atom. The summed E-state index contributed by atoms with van der Waals surface area (Å²) in [6.45, 7) is 0.729. The summed E-state index contributed by atoms with van der Waals surface area (Å²) in [6.07, 6.45) is 1.99. The van der Waals surface area contributed by atoms with Crippen LogP contribution >= 0.6 is 0 Å². The van der Waals surface area contributed by atoms with Crippen LogP contribution in [0.2, 0.25) is 0 Å². The van der Waals surface area contributed by atoms with Gasteiger partial charge in [0.1, 0.15) is 11.5 Å². The number of nitrogens with zero attached hydrogens (tertiary/aromatic N) is 1. The van der Waals surface area contributed by atoms with E-state index >= 15 is 0 Å². The van der Waals surface area contributed by atoms with E-state index in [1.165, 1.54) is 0 Å². The van der Waals surface area contributed by atoms with Gasteiger partial charge in [-0.15, -0.1) is 0 Å². The maximum absolute atomic E-state index is 12.5. The monoisotopic (exact) mass is 278 g/mol. The number of methoxy groups -OCH3 is 2. The van der Waals surface area contributed by atoms with Gasteiger partial charge in [-0.3, -0.25) is 4.79 Å². The van der Waals surface area contributed by atoms with Gasteiger partial charge in [0, 0.05) is 19.6 Å². The lowest BCUT2D eigenvalue weighted by molar-refractivity contribution is 0.0730. The van der Waals surface area contributed by atoms with Crippen LogP contribution in [0, 0.1) is 5.92 Å². The molecule has 0 unspecified atom stereocenters. The zero-order valence-corrected chi connectivity index (χ0v) is 12.3. The van der Waals surface area contributed by atoms with E-state index < -0.39 is 0 Å². The first kappa shape index (κ1) is 14.7. The number of benzene rings is 1. The van der Waals surface area contributed by atoms with E-state index in [2.05, 4.69) is 0 Å². The third-order valence-electron chi connectivity index (χ3n) is 3.79. The minimum Gasteiger partial charge on any atom is -0.497 e. The Bertz CT molecular complexity index is 484. The number of nitrogens with two attached hydrogens (primary N) is 1. The first-order valence-electron chi connectivity index (χ1n) is 6.78. The molecule has 0 bridgehead atoms. The molecule has 1 saturated carbocycles. The van der Waals surface area contributed by atoms with Gasteiger partial charge in [-0.25, -0.2) is 0 Å². The Hall–Kier alpha value is -1.75. The Kier molecular flexibility index (Phi) is 4.49. The molecule has 0 atom stereocenters. The molecule has 0 aliphatic heterocycles. The molecular formula is C15H22N2O3. The highest BCUT2D eigenvalue weighted by Gasteiger charge is 2.29. The van der Waals surface area contributed by atoms with E-state index in [0.29, 0.717) is 29.0 Å². The predicted octanol–water partition coefficient (Wildman–Crippen LogP) is 1.51. The number of carbonyl (C=O) groups is 1. The molecule has 1 aromatic rings. The van der Waals surface area contributed by atoms with Crippen molar-refractivity contribution in [3.63, 3.8) is 0 Å². The molecule has 1 amide bonds. The fourth-order valence-electron chi connectivity index (χ4n) is 2.59. The third-order valence-corrected chi connectivity index (χ3v) is 3.79. The van der Waals surface area contributed by atoms with Crippen molar-refractivity contribution in [2.45, 2.75) is 18.9 Å². The highest BCUT2D eigenvalue weighted by molar-refractivity contribution is 5.97. The SMILES string of the molecule is COc1ccc(OC)c(C(=O)N(C)CC2CC(N)C2)c1. The van der Waals surface area contributed by atoms with Gasteiger partial charge in [0.25, 0.3) is 5.91 Å². The second kappa shape index (κ2) is 6.13. The number of ether oxygens (including phenoxy) is 2. The Morgan fingerprint density at radius 1 is 1.35 bits per heavy atom. The zero-order chi connectivity index (χ0) is 14.7. The molecule has 2 N–H and O–H groups in total. The average molecular weight is 278 g/mol. The van der Waals surface area contributed by atoms with Crippen LogP contribution in [0.25, 0.3) is 0 Å². The van der Waals surface area contributed by atoms with Crippen molar-refractivity contribution in [3.8, 4) is 11.5 Å². The quantitative estimate of drug-likeness (QED) is 0.886. The summed E-state index contributed by atoms with van der Waals surface area (Å²) in [4.78, 5) is 14.2. The van der Waals surface area contributed by atoms with Crippen LogP contribution in [0.5, 0.6) is 11.5 Å². The minimum atomic E-state index is -0.0544. The molecule has 1 aliphatic carbocycles. The Morgan fingerprint density at radius 2 is 2.05 bits per heavy atom. The maximum Gasteiger partial charge on any atom is 0.257 e. The standard InChI is InChI=1S/C15H22N2O3/c1-17(9-10-6-11(16)7-10)15(18)13-8-12(19-2)4-5-14(13)20-3/h4-5,8,10-11H,6-7,9,16H2,1-3H3. The molecule has 5 heteroatoms. The topological polar surface area (TPSA) is 64.8 Å². The van der Waals surface area contributed by atoms with E-state index in [9.17, 15) is 4.79 Å². The predicted molar refractivity (Wildman–Crippen MR) is 77.2 cm³/mol. The number of rotatable bonds is 5. The van der Waals surface area contributed by atoms with Crippen LogP contribution in [-0.2, 0) is 0 Å². The van der Waals surface area contributed by atoms with Crippen LogP contribution in [0.1, 0.15) is 23.2 Å². The molecule has 0 radical (unpaired) electrons. The minimum absolute atomic E-state index is 0.0544. The van der Waals surface area contributed by atoms with Crippen molar-refractivity contribution in [3.05, 3.63) is 23.8 Å². The largest absolute Gasteiger partial charge is 0.497 e. The van der Waals surface area contributed by atoms with Gasteiger partial charge >= 0.3 is 0 Å². The Labute approximate surface area is 119 Å². The summed E-state index contributed by atoms with van der Waals surface area (Å²) in [5.74, 6) is 1.66. The van der Waals surface area contributed by atoms with Crippen molar-refractivity contribution in [2.75, 3.05) is 27.8 Å². The van der Waals surface area contributed by atoms with E-state index in [1.807, 2.05) is 7.05 Å². The molecule has 1 aliphatic rings. The second-order valence-electron chi connectivity index (χ2n) is 5.35. The highest BCUT2D eigenvalue weighted by Crippen LogP contribution is 2.28. The number of carbonyl (C=O) groups excluding carboxylic acids is 1. The summed E-state index contributed by atoms with van der Waals surface area (Å²) in [7, 11) is 4.95. The van der Waals surface area contributed by atoms with Gasteiger partial charge in [-0.05, 0) is 37.0 Å². The summed E-state index contributed by atoms with van der Waals surface area (Å²) >= 11 is 0. The van der Waals surface area contributed by atoms with E-state index in [4.69, 9.17) is 15.2 Å². The van der Waals surface area contributed by atoms with Crippen LogP contribution < -0.4 is 15.2 Å². The van der Waals surface area contributed by atoms with Gasteiger partial charge in [-0.2, -0.15) is 0 Å². The summed E-state index contributed by atoms with van der Waals surface area (Å²) in [6, 6.07) is 5.54. The fraction of sp³-hybridized carbons (Fsp3) is 0.533. The highest BCUT2D eigenvalue weighted by atomic mass is 16.5. The molecule has 0 heterocycles. The van der Waals surface area contributed by atoms with Crippen LogP contribution in [0.15, 0.2) is 18.2 Å². The molecule has 0 aromatic heterocycles. The van der Waals surface area contributed by atoms with Gasteiger partial charge in [0.15, 0.2) is 0 Å². The lowest BCUT2D eigenvalue weighted by Gasteiger charge is -2.35. The number of hydrogen-bond acceptors (Lipinski definition) is 4. The van der Waals surface area contributed by atoms with Crippen molar-refractivity contribution in [1.82, 2.24) is 4.90 Å². The smallest absolute Gasteiger partial charge is 0.257 e. The summed E-state index contributed by atoms with van der Waals surface area (Å²) in [5, 5.41) is 0. The molecular weight excluding hydrogens is 256 g/mol. The lowest BCUT2D eigenvalue weighted by atomic mass is 9.80. The van der Waals surface area contributed by atoms with Crippen LogP contribution in [0.3, 0.4) is 0 Å². The zero-order valence-electron chi connectivity index (χ0n) is 12.3. The van der Waals surface area contributed by atoms with Gasteiger partial charge < -0.3 is 20.1 Å². The van der Waals surface area contributed by atoms with E-state index in [-0.39, 0.29) is 5.91 Å². The van der Waals surface area contributed by atoms with Crippen molar-refractivity contribution >= 4 is 5.91 Å². The first-order chi connectivity index (χ1) is 9.55. The van der Waals surface area contributed by atoms with Crippen LogP contribution in [0.4, 0.5) is 0 Å². The van der Waals surface area contributed by atoms with Crippen molar-refractivity contribution in [2.24, 2.45) is 11.7 Å². The summed E-state index contributed by atoms with van der Waals surface area (Å²) < 4.78 is 10.4. The average Bonchev–Trinajstić information content (AvgIpc) is 2.43. The molecule has 0 saturated heterocycles. The normalized spacial score (nSPS) is 21.0. The maximum atomic E-state index is 12.5. The molecule has 2 rings (SSSR count). The van der Waals surface area contributed by atoms with Crippen LogP contribution in [-0.4, -0.2) is 44.7 Å². The van der Waals surface area contributed by atoms with Crippen molar-refractivity contribution in [1.29, 1.82) is 0 Å². The fourth-order valence-corrected chi connectivity index (χ4v) is 2.59. The lowest BCUT2D eigenvalue weighted by Crippen LogP contribution is -2.43. The molecule has 5 nitrogen and oxygen atoms in total. The van der Waals surface area contributed by atoms with E-state index in [1.54, 1.807) is 37.3 Å². The molecule has 0 spiro atoms. The molecule has 110 valence electrons. The Balaban J connectivity index is 2.10. The second-order valence-corrected chi connectivity index (χ2v) is 5.35.